The van der Waals surface area contributed by atoms with Crippen LogP contribution < -0.4 is 10.2 Å². The highest BCUT2D eigenvalue weighted by Gasteiger charge is 2.37. The van der Waals surface area contributed by atoms with Crippen LogP contribution in [-0.2, 0) is 0 Å². The number of carbonyl (C=O) groups excluding carboxylic acids is 1. The molecule has 1 atom stereocenters. The van der Waals surface area contributed by atoms with Gasteiger partial charge in [-0.1, -0.05) is 35.9 Å². The smallest absolute Gasteiger partial charge is 0.260 e. The molecular formula is C21H19N3O. The van der Waals surface area contributed by atoms with Crippen LogP contribution in [0.4, 0.5) is 11.4 Å². The maximum absolute atomic E-state index is 13.0. The van der Waals surface area contributed by atoms with E-state index in [2.05, 4.69) is 42.3 Å². The Hall–Kier alpha value is -3.14. The molecule has 1 aromatic heterocycles. The van der Waals surface area contributed by atoms with E-state index in [-0.39, 0.29) is 12.1 Å². The molecule has 4 rings (SSSR count). The fourth-order valence-corrected chi connectivity index (χ4v) is 3.34. The van der Waals surface area contributed by atoms with Crippen LogP contribution in [0.25, 0.3) is 0 Å². The average molecular weight is 329 g/mol. The monoisotopic (exact) mass is 329 g/mol. The van der Waals surface area contributed by atoms with Crippen molar-refractivity contribution in [2.24, 2.45) is 0 Å². The number of amides is 1. The van der Waals surface area contributed by atoms with Gasteiger partial charge in [-0.15, -0.1) is 0 Å². The van der Waals surface area contributed by atoms with Gasteiger partial charge in [-0.25, -0.2) is 0 Å². The van der Waals surface area contributed by atoms with E-state index in [1.165, 1.54) is 5.56 Å². The van der Waals surface area contributed by atoms with Crippen LogP contribution in [0.15, 0.2) is 67.0 Å². The molecule has 0 bridgehead atoms. The Kier molecular flexibility index (Phi) is 3.73. The molecule has 1 aliphatic heterocycles. The van der Waals surface area contributed by atoms with Crippen molar-refractivity contribution in [2.45, 2.75) is 20.0 Å². The third kappa shape index (κ3) is 2.66. The van der Waals surface area contributed by atoms with Crippen molar-refractivity contribution >= 4 is 17.3 Å². The number of aryl methyl sites for hydroxylation is 2. The summed E-state index contributed by atoms with van der Waals surface area (Å²) in [6, 6.07) is 17.8. The Morgan fingerprint density at radius 3 is 2.64 bits per heavy atom. The van der Waals surface area contributed by atoms with Crippen LogP contribution in [0.3, 0.4) is 0 Å². The molecule has 0 unspecified atom stereocenters. The van der Waals surface area contributed by atoms with Crippen LogP contribution in [0, 0.1) is 13.8 Å². The van der Waals surface area contributed by atoms with Gasteiger partial charge in [0, 0.05) is 23.0 Å². The van der Waals surface area contributed by atoms with E-state index < -0.39 is 0 Å². The van der Waals surface area contributed by atoms with Crippen molar-refractivity contribution in [2.75, 3.05) is 10.2 Å². The van der Waals surface area contributed by atoms with Gasteiger partial charge in [0.1, 0.15) is 6.17 Å². The maximum atomic E-state index is 13.0. The van der Waals surface area contributed by atoms with Crippen molar-refractivity contribution in [1.82, 2.24) is 4.98 Å². The topological polar surface area (TPSA) is 45.2 Å². The summed E-state index contributed by atoms with van der Waals surface area (Å²) in [7, 11) is 0. The SMILES string of the molecule is Cc1ccc(N[C@H]2c3ccccc3C(=O)N2c2cccnc2)c(C)c1. The van der Waals surface area contributed by atoms with Crippen molar-refractivity contribution in [3.8, 4) is 0 Å². The lowest BCUT2D eigenvalue weighted by molar-refractivity contribution is 0.0993. The summed E-state index contributed by atoms with van der Waals surface area (Å²) in [6.45, 7) is 4.15. The first-order valence-electron chi connectivity index (χ1n) is 8.31. The molecule has 0 radical (unpaired) electrons. The Morgan fingerprint density at radius 1 is 1.04 bits per heavy atom. The van der Waals surface area contributed by atoms with Gasteiger partial charge in [0.15, 0.2) is 0 Å². The fourth-order valence-electron chi connectivity index (χ4n) is 3.34. The number of nitrogens with one attached hydrogen (secondary N) is 1. The van der Waals surface area contributed by atoms with E-state index in [4.69, 9.17) is 0 Å². The van der Waals surface area contributed by atoms with Gasteiger partial charge in [0.05, 0.1) is 11.9 Å². The van der Waals surface area contributed by atoms with Gasteiger partial charge < -0.3 is 5.32 Å². The van der Waals surface area contributed by atoms with Gasteiger partial charge in [0.25, 0.3) is 5.91 Å². The molecule has 2 heterocycles. The van der Waals surface area contributed by atoms with Crippen molar-refractivity contribution < 1.29 is 4.79 Å². The van der Waals surface area contributed by atoms with Crippen LogP contribution in [0.5, 0.6) is 0 Å². The Bertz CT molecular complexity index is 937. The zero-order valence-corrected chi connectivity index (χ0v) is 14.2. The lowest BCUT2D eigenvalue weighted by atomic mass is 10.1. The molecule has 0 fully saturated rings. The minimum Gasteiger partial charge on any atom is -0.361 e. The quantitative estimate of drug-likeness (QED) is 0.771. The zero-order chi connectivity index (χ0) is 17.4. The fraction of sp³-hybridized carbons (Fsp3) is 0.143. The summed E-state index contributed by atoms with van der Waals surface area (Å²) in [5.41, 5.74) is 5.89. The zero-order valence-electron chi connectivity index (χ0n) is 14.2. The van der Waals surface area contributed by atoms with Crippen LogP contribution in [-0.4, -0.2) is 10.9 Å². The molecule has 25 heavy (non-hydrogen) atoms. The highest BCUT2D eigenvalue weighted by atomic mass is 16.2. The number of pyridine rings is 1. The molecule has 4 heteroatoms. The van der Waals surface area contributed by atoms with Gasteiger partial charge in [-0.3, -0.25) is 14.7 Å². The minimum absolute atomic E-state index is 0.00846. The Labute approximate surface area is 147 Å². The molecule has 1 N–H and O–H groups in total. The molecule has 3 aromatic rings. The van der Waals surface area contributed by atoms with Gasteiger partial charge >= 0.3 is 0 Å². The highest BCUT2D eigenvalue weighted by Crippen LogP contribution is 2.38. The standard InChI is InChI=1S/C21H19N3O/c1-14-9-10-19(15(2)12-14)23-20-17-7-3-4-8-18(17)21(25)24(20)16-6-5-11-22-13-16/h3-13,20,23H,1-2H3/t20-/m1/s1. The summed E-state index contributed by atoms with van der Waals surface area (Å²) >= 11 is 0. The van der Waals surface area contributed by atoms with Gasteiger partial charge in [-0.05, 0) is 43.7 Å². The van der Waals surface area contributed by atoms with E-state index in [1.807, 2.05) is 36.4 Å². The molecule has 0 spiro atoms. The molecule has 0 aliphatic carbocycles. The number of nitrogens with zero attached hydrogens (tertiary/aromatic N) is 2. The minimum atomic E-state index is -0.255. The molecule has 0 saturated carbocycles. The number of hydrogen-bond acceptors (Lipinski definition) is 3. The van der Waals surface area contributed by atoms with Gasteiger partial charge in [0.2, 0.25) is 0 Å². The number of hydrogen-bond donors (Lipinski definition) is 1. The molecule has 4 nitrogen and oxygen atoms in total. The first-order chi connectivity index (χ1) is 12.1. The summed E-state index contributed by atoms with van der Waals surface area (Å²) in [4.78, 5) is 18.9. The van der Waals surface area contributed by atoms with Crippen LogP contribution >= 0.6 is 0 Å². The van der Waals surface area contributed by atoms with E-state index in [9.17, 15) is 4.79 Å². The second-order valence-corrected chi connectivity index (χ2v) is 6.34. The second kappa shape index (κ2) is 6.06. The first kappa shape index (κ1) is 15.4. The Morgan fingerprint density at radius 2 is 1.88 bits per heavy atom. The summed E-state index contributed by atoms with van der Waals surface area (Å²) < 4.78 is 0. The predicted octanol–water partition coefficient (Wildman–Crippen LogP) is 4.47. The molecular weight excluding hydrogens is 310 g/mol. The number of aromatic nitrogens is 1. The normalized spacial score (nSPS) is 16.0. The molecule has 0 saturated heterocycles. The third-order valence-corrected chi connectivity index (χ3v) is 4.56. The second-order valence-electron chi connectivity index (χ2n) is 6.34. The van der Waals surface area contributed by atoms with E-state index >= 15 is 0 Å². The number of fused-ring (bicyclic) bond motifs is 1. The summed E-state index contributed by atoms with van der Waals surface area (Å²) in [5, 5.41) is 3.55. The maximum Gasteiger partial charge on any atom is 0.260 e. The largest absolute Gasteiger partial charge is 0.361 e. The highest BCUT2D eigenvalue weighted by molar-refractivity contribution is 6.11. The van der Waals surface area contributed by atoms with E-state index in [1.54, 1.807) is 17.3 Å². The van der Waals surface area contributed by atoms with Crippen molar-refractivity contribution in [3.05, 3.63) is 89.2 Å². The number of carbonyl (C=O) groups is 1. The van der Waals surface area contributed by atoms with E-state index in [0.29, 0.717) is 0 Å². The third-order valence-electron chi connectivity index (χ3n) is 4.56. The van der Waals surface area contributed by atoms with Gasteiger partial charge in [-0.2, -0.15) is 0 Å². The van der Waals surface area contributed by atoms with Crippen molar-refractivity contribution in [3.63, 3.8) is 0 Å². The van der Waals surface area contributed by atoms with Crippen LogP contribution in [0.2, 0.25) is 0 Å². The number of anilines is 2. The molecule has 1 aliphatic rings. The molecule has 124 valence electrons. The molecule has 2 aromatic carbocycles. The van der Waals surface area contributed by atoms with E-state index in [0.717, 1.165) is 28.1 Å². The summed E-state index contributed by atoms with van der Waals surface area (Å²) in [5.74, 6) is -0.00846. The summed E-state index contributed by atoms with van der Waals surface area (Å²) in [6.07, 6.45) is 3.18. The number of rotatable bonds is 3. The number of benzene rings is 2. The predicted molar refractivity (Wildman–Crippen MR) is 99.8 cm³/mol. The average Bonchev–Trinajstić information content (AvgIpc) is 2.91. The first-order valence-corrected chi connectivity index (χ1v) is 8.31. The Balaban J connectivity index is 1.80. The lowest BCUT2D eigenvalue weighted by Crippen LogP contribution is -2.32. The lowest BCUT2D eigenvalue weighted by Gasteiger charge is -2.27. The molecule has 1 amide bonds. The van der Waals surface area contributed by atoms with Crippen LogP contribution in [0.1, 0.15) is 33.2 Å². The van der Waals surface area contributed by atoms with Crippen molar-refractivity contribution in [1.29, 1.82) is 0 Å².